The molecule has 1 atom stereocenters. The fraction of sp³-hybridized carbons (Fsp3) is 0.500. The molecule has 1 unspecified atom stereocenters. The van der Waals surface area contributed by atoms with Gasteiger partial charge in [0, 0.05) is 12.7 Å². The Bertz CT molecular complexity index is 268. The molecule has 3 nitrogen and oxygen atoms in total. The average molecular weight is 178 g/mol. The molecular weight excluding hydrogens is 164 g/mol. The van der Waals surface area contributed by atoms with Crippen LogP contribution < -0.4 is 5.32 Å². The Morgan fingerprint density at radius 3 is 3.00 bits per heavy atom. The predicted octanol–water partition coefficient (Wildman–Crippen LogP) is 0.653. The zero-order valence-electron chi connectivity index (χ0n) is 7.53. The summed E-state index contributed by atoms with van der Waals surface area (Å²) in [6.07, 6.45) is 3.53. The molecule has 1 aliphatic heterocycles. The molecule has 1 aromatic rings. The smallest absolute Gasteiger partial charge is 0.119 e. The number of pyridine rings is 1. The first kappa shape index (κ1) is 8.66. The van der Waals surface area contributed by atoms with Gasteiger partial charge < -0.3 is 10.4 Å². The Morgan fingerprint density at radius 2 is 2.38 bits per heavy atom. The predicted molar refractivity (Wildman–Crippen MR) is 50.2 cm³/mol. The van der Waals surface area contributed by atoms with Crippen LogP contribution in [0.1, 0.15) is 18.5 Å². The van der Waals surface area contributed by atoms with Gasteiger partial charge in [-0.3, -0.25) is 4.98 Å². The molecule has 0 amide bonds. The highest BCUT2D eigenvalue weighted by molar-refractivity contribution is 5.14. The number of hydrogen-bond donors (Lipinski definition) is 2. The van der Waals surface area contributed by atoms with Crippen molar-refractivity contribution in [1.29, 1.82) is 0 Å². The monoisotopic (exact) mass is 178 g/mol. The largest absolute Gasteiger partial charge is 0.382 e. The van der Waals surface area contributed by atoms with Crippen LogP contribution in [-0.2, 0) is 5.60 Å². The van der Waals surface area contributed by atoms with E-state index < -0.39 is 5.60 Å². The van der Waals surface area contributed by atoms with E-state index >= 15 is 0 Å². The van der Waals surface area contributed by atoms with E-state index in [-0.39, 0.29) is 0 Å². The molecule has 13 heavy (non-hydrogen) atoms. The maximum absolute atomic E-state index is 10.2. The van der Waals surface area contributed by atoms with E-state index in [1.165, 1.54) is 0 Å². The van der Waals surface area contributed by atoms with Crippen molar-refractivity contribution in [3.8, 4) is 0 Å². The van der Waals surface area contributed by atoms with E-state index in [9.17, 15) is 5.11 Å². The fourth-order valence-electron chi connectivity index (χ4n) is 1.75. The molecule has 0 spiro atoms. The summed E-state index contributed by atoms with van der Waals surface area (Å²) in [7, 11) is 0. The minimum atomic E-state index is -0.750. The normalized spacial score (nSPS) is 28.7. The number of aromatic nitrogens is 1. The lowest BCUT2D eigenvalue weighted by atomic mass is 9.90. The quantitative estimate of drug-likeness (QED) is 0.663. The lowest BCUT2D eigenvalue weighted by Crippen LogP contribution is -2.43. The van der Waals surface area contributed by atoms with Gasteiger partial charge in [0.25, 0.3) is 0 Å². The second kappa shape index (κ2) is 3.44. The van der Waals surface area contributed by atoms with Crippen molar-refractivity contribution < 1.29 is 5.11 Å². The van der Waals surface area contributed by atoms with Crippen LogP contribution in [-0.4, -0.2) is 23.2 Å². The minimum absolute atomic E-state index is 0.615. The summed E-state index contributed by atoms with van der Waals surface area (Å²) < 4.78 is 0. The van der Waals surface area contributed by atoms with Crippen molar-refractivity contribution in [3.05, 3.63) is 30.1 Å². The third-order valence-corrected chi connectivity index (χ3v) is 2.50. The van der Waals surface area contributed by atoms with E-state index in [0.717, 1.165) is 25.1 Å². The van der Waals surface area contributed by atoms with Gasteiger partial charge in [-0.15, -0.1) is 0 Å². The second-order valence-electron chi connectivity index (χ2n) is 3.53. The van der Waals surface area contributed by atoms with Gasteiger partial charge in [-0.2, -0.15) is 0 Å². The molecule has 70 valence electrons. The second-order valence-corrected chi connectivity index (χ2v) is 3.53. The van der Waals surface area contributed by atoms with Gasteiger partial charge in [0.05, 0.1) is 5.69 Å². The Labute approximate surface area is 77.8 Å². The van der Waals surface area contributed by atoms with Crippen molar-refractivity contribution in [1.82, 2.24) is 10.3 Å². The maximum atomic E-state index is 10.2. The number of nitrogens with one attached hydrogen (secondary N) is 1. The van der Waals surface area contributed by atoms with E-state index in [1.54, 1.807) is 6.20 Å². The molecule has 0 aliphatic carbocycles. The van der Waals surface area contributed by atoms with E-state index in [1.807, 2.05) is 18.2 Å². The number of rotatable bonds is 1. The summed E-state index contributed by atoms with van der Waals surface area (Å²) in [5.74, 6) is 0. The van der Waals surface area contributed by atoms with Crippen molar-refractivity contribution in [3.63, 3.8) is 0 Å². The first-order valence-corrected chi connectivity index (χ1v) is 4.66. The molecule has 1 aromatic heterocycles. The molecule has 2 rings (SSSR count). The van der Waals surface area contributed by atoms with Crippen LogP contribution >= 0.6 is 0 Å². The topological polar surface area (TPSA) is 45.2 Å². The highest BCUT2D eigenvalue weighted by atomic mass is 16.3. The Balaban J connectivity index is 2.23. The van der Waals surface area contributed by atoms with Crippen LogP contribution in [0, 0.1) is 0 Å². The van der Waals surface area contributed by atoms with Crippen molar-refractivity contribution in [2.75, 3.05) is 13.1 Å². The lowest BCUT2D eigenvalue weighted by Gasteiger charge is -2.31. The molecule has 1 aliphatic rings. The highest BCUT2D eigenvalue weighted by Crippen LogP contribution is 2.25. The number of nitrogens with zero attached hydrogens (tertiary/aromatic N) is 1. The third kappa shape index (κ3) is 1.71. The zero-order valence-corrected chi connectivity index (χ0v) is 7.53. The third-order valence-electron chi connectivity index (χ3n) is 2.50. The zero-order chi connectivity index (χ0) is 9.15. The van der Waals surface area contributed by atoms with Gasteiger partial charge in [0.1, 0.15) is 5.60 Å². The molecule has 0 saturated carbocycles. The fourth-order valence-corrected chi connectivity index (χ4v) is 1.75. The van der Waals surface area contributed by atoms with Gasteiger partial charge in [0.15, 0.2) is 0 Å². The van der Waals surface area contributed by atoms with Crippen LogP contribution in [0.15, 0.2) is 24.4 Å². The van der Waals surface area contributed by atoms with Crippen LogP contribution in [0.4, 0.5) is 0 Å². The molecule has 0 radical (unpaired) electrons. The van der Waals surface area contributed by atoms with Gasteiger partial charge >= 0.3 is 0 Å². The Kier molecular flexibility index (Phi) is 2.29. The van der Waals surface area contributed by atoms with E-state index in [4.69, 9.17) is 0 Å². The van der Waals surface area contributed by atoms with Gasteiger partial charge in [-0.05, 0) is 31.5 Å². The summed E-state index contributed by atoms with van der Waals surface area (Å²) in [5, 5.41) is 13.4. The van der Waals surface area contributed by atoms with Gasteiger partial charge in [0.2, 0.25) is 0 Å². The first-order valence-electron chi connectivity index (χ1n) is 4.66. The van der Waals surface area contributed by atoms with Crippen molar-refractivity contribution >= 4 is 0 Å². The molecule has 1 saturated heterocycles. The summed E-state index contributed by atoms with van der Waals surface area (Å²) in [6.45, 7) is 1.61. The highest BCUT2D eigenvalue weighted by Gasteiger charge is 2.31. The summed E-state index contributed by atoms with van der Waals surface area (Å²) >= 11 is 0. The lowest BCUT2D eigenvalue weighted by molar-refractivity contribution is 0.00824. The summed E-state index contributed by atoms with van der Waals surface area (Å²) in [5.41, 5.74) is 0.0293. The first-order chi connectivity index (χ1) is 6.31. The van der Waals surface area contributed by atoms with Crippen molar-refractivity contribution in [2.24, 2.45) is 0 Å². The molecule has 1 fully saturated rings. The Morgan fingerprint density at radius 1 is 1.46 bits per heavy atom. The van der Waals surface area contributed by atoms with Gasteiger partial charge in [-0.1, -0.05) is 6.07 Å². The van der Waals surface area contributed by atoms with Crippen LogP contribution in [0.2, 0.25) is 0 Å². The Hall–Kier alpha value is -0.930. The van der Waals surface area contributed by atoms with Crippen LogP contribution in [0.25, 0.3) is 0 Å². The number of hydrogen-bond acceptors (Lipinski definition) is 3. The molecular formula is C10H14N2O. The SMILES string of the molecule is OC1(c2ccccn2)CCCNC1. The molecule has 3 heteroatoms. The number of piperidine rings is 1. The molecule has 0 aromatic carbocycles. The van der Waals surface area contributed by atoms with E-state index in [0.29, 0.717) is 6.54 Å². The summed E-state index contributed by atoms with van der Waals surface area (Å²) in [4.78, 5) is 4.18. The van der Waals surface area contributed by atoms with E-state index in [2.05, 4.69) is 10.3 Å². The average Bonchev–Trinajstić information content (AvgIpc) is 2.20. The van der Waals surface area contributed by atoms with Gasteiger partial charge in [-0.25, -0.2) is 0 Å². The molecule has 2 heterocycles. The molecule has 2 N–H and O–H groups in total. The number of β-amino-alcohol motifs (C(OH)–C–C–N with tert-alkyl or cyclic N) is 1. The number of aliphatic hydroxyl groups is 1. The standard InChI is InChI=1S/C10H14N2O/c13-10(5-3-6-11-8-10)9-4-1-2-7-12-9/h1-2,4,7,11,13H,3,5-6,8H2. The minimum Gasteiger partial charge on any atom is -0.382 e. The van der Waals surface area contributed by atoms with Crippen LogP contribution in [0.3, 0.4) is 0 Å². The van der Waals surface area contributed by atoms with Crippen molar-refractivity contribution in [2.45, 2.75) is 18.4 Å². The van der Waals surface area contributed by atoms with Crippen LogP contribution in [0.5, 0.6) is 0 Å². The maximum Gasteiger partial charge on any atom is 0.119 e. The molecule has 0 bridgehead atoms. The summed E-state index contributed by atoms with van der Waals surface area (Å²) in [6, 6.07) is 5.66.